The van der Waals surface area contributed by atoms with Crippen LogP contribution in [-0.2, 0) is 9.47 Å². The summed E-state index contributed by atoms with van der Waals surface area (Å²) in [6, 6.07) is 2.05. The first kappa shape index (κ1) is 18.0. The summed E-state index contributed by atoms with van der Waals surface area (Å²) in [6.45, 7) is 4.96. The maximum atomic E-state index is 11.2. The van der Waals surface area contributed by atoms with E-state index in [9.17, 15) is 5.11 Å². The molecule has 5 fully saturated rings. The Hall–Kier alpha value is -0.840. The van der Waals surface area contributed by atoms with Gasteiger partial charge in [-0.15, -0.1) is 0 Å². The van der Waals surface area contributed by atoms with Gasteiger partial charge in [0.2, 0.25) is 0 Å². The zero-order chi connectivity index (χ0) is 19.3. The minimum atomic E-state index is -0.406. The molecule has 10 atom stereocenters. The second-order valence-corrected chi connectivity index (χ2v) is 10.9. The molecule has 0 aromatic carbocycles. The molecule has 1 N–H and O–H groups in total. The van der Waals surface area contributed by atoms with Crippen molar-refractivity contribution in [3.05, 3.63) is 24.2 Å². The second-order valence-electron chi connectivity index (χ2n) is 10.9. The summed E-state index contributed by atoms with van der Waals surface area (Å²) >= 11 is 0. The number of hydrogen-bond acceptors (Lipinski definition) is 4. The molecule has 0 radical (unpaired) electrons. The van der Waals surface area contributed by atoms with E-state index in [0.29, 0.717) is 17.4 Å². The van der Waals surface area contributed by atoms with Crippen LogP contribution >= 0.6 is 0 Å². The topological polar surface area (TPSA) is 55.1 Å². The Morgan fingerprint density at radius 1 is 1.11 bits per heavy atom. The number of epoxide rings is 1. The van der Waals surface area contributed by atoms with E-state index in [4.69, 9.17) is 13.9 Å². The van der Waals surface area contributed by atoms with Gasteiger partial charge in [0.15, 0.2) is 0 Å². The van der Waals surface area contributed by atoms with Crippen LogP contribution in [0.25, 0.3) is 0 Å². The Balaban J connectivity index is 1.36. The predicted molar refractivity (Wildman–Crippen MR) is 105 cm³/mol. The Morgan fingerprint density at radius 3 is 2.71 bits per heavy atom. The highest BCUT2D eigenvalue weighted by molar-refractivity contribution is 5.38. The lowest BCUT2D eigenvalue weighted by atomic mass is 9.44. The van der Waals surface area contributed by atoms with Gasteiger partial charge < -0.3 is 19.0 Å². The fourth-order valence-electron chi connectivity index (χ4n) is 8.91. The van der Waals surface area contributed by atoms with Crippen molar-refractivity contribution >= 4 is 0 Å². The van der Waals surface area contributed by atoms with Crippen molar-refractivity contribution in [3.8, 4) is 0 Å². The molecule has 28 heavy (non-hydrogen) atoms. The van der Waals surface area contributed by atoms with Crippen LogP contribution in [-0.4, -0.2) is 36.1 Å². The molecule has 1 aliphatic heterocycles. The molecular formula is C24H34O4. The van der Waals surface area contributed by atoms with E-state index in [1.165, 1.54) is 38.5 Å². The fraction of sp³-hybridized carbons (Fsp3) is 0.833. The molecule has 4 saturated carbocycles. The molecular weight excluding hydrogens is 352 g/mol. The summed E-state index contributed by atoms with van der Waals surface area (Å²) in [5, 5.41) is 11.2. The molecule has 0 amide bonds. The van der Waals surface area contributed by atoms with Gasteiger partial charge in [0.25, 0.3) is 0 Å². The first-order valence-corrected chi connectivity index (χ1v) is 11.4. The Labute approximate surface area is 168 Å². The van der Waals surface area contributed by atoms with Gasteiger partial charge in [-0.05, 0) is 79.7 Å². The SMILES string of the molecule is CO[C@H]1CC[C@@]2(C)[C@@H](CC[C@@H]3[C@@H]2CC[C@]2(C)[C@@H](c4ccoc4)[C@@H](O)[C@H]4O[C@]342)C1. The third kappa shape index (κ3) is 1.93. The van der Waals surface area contributed by atoms with E-state index in [0.717, 1.165) is 23.8 Å². The van der Waals surface area contributed by atoms with Crippen LogP contribution in [0, 0.1) is 28.6 Å². The maximum Gasteiger partial charge on any atom is 0.115 e. The smallest absolute Gasteiger partial charge is 0.115 e. The minimum absolute atomic E-state index is 0.00898. The van der Waals surface area contributed by atoms with Gasteiger partial charge in [-0.3, -0.25) is 0 Å². The molecule has 4 heteroatoms. The number of fused-ring (bicyclic) bond motifs is 3. The number of ether oxygens (including phenoxy) is 2. The van der Waals surface area contributed by atoms with E-state index in [1.54, 1.807) is 6.26 Å². The molecule has 1 spiro atoms. The van der Waals surface area contributed by atoms with Crippen LogP contribution in [0.5, 0.6) is 0 Å². The molecule has 1 aromatic rings. The monoisotopic (exact) mass is 386 g/mol. The molecule has 154 valence electrons. The van der Waals surface area contributed by atoms with E-state index in [1.807, 2.05) is 19.4 Å². The average Bonchev–Trinajstić information content (AvgIpc) is 3.14. The molecule has 2 heterocycles. The van der Waals surface area contributed by atoms with Gasteiger partial charge in [-0.2, -0.15) is 0 Å². The molecule has 1 saturated heterocycles. The van der Waals surface area contributed by atoms with Gasteiger partial charge >= 0.3 is 0 Å². The number of methoxy groups -OCH3 is 1. The summed E-state index contributed by atoms with van der Waals surface area (Å²) < 4.78 is 17.7. The molecule has 0 bridgehead atoms. The number of aliphatic hydroxyl groups excluding tert-OH is 1. The largest absolute Gasteiger partial charge is 0.472 e. The number of furan rings is 1. The van der Waals surface area contributed by atoms with Crippen LogP contribution in [0.2, 0.25) is 0 Å². The van der Waals surface area contributed by atoms with E-state index >= 15 is 0 Å². The zero-order valence-electron chi connectivity index (χ0n) is 17.4. The highest BCUT2D eigenvalue weighted by Crippen LogP contribution is 2.77. The minimum Gasteiger partial charge on any atom is -0.472 e. The van der Waals surface area contributed by atoms with Crippen LogP contribution in [0.1, 0.15) is 70.3 Å². The summed E-state index contributed by atoms with van der Waals surface area (Å²) in [5.74, 6) is 2.22. The predicted octanol–water partition coefficient (Wildman–Crippen LogP) is 4.52. The van der Waals surface area contributed by atoms with E-state index < -0.39 is 6.10 Å². The van der Waals surface area contributed by atoms with Gasteiger partial charge in [0.1, 0.15) is 11.7 Å². The molecule has 5 aliphatic rings. The molecule has 4 aliphatic carbocycles. The van der Waals surface area contributed by atoms with Crippen molar-refractivity contribution in [2.75, 3.05) is 7.11 Å². The van der Waals surface area contributed by atoms with Crippen LogP contribution < -0.4 is 0 Å². The van der Waals surface area contributed by atoms with Crippen molar-refractivity contribution in [2.24, 2.45) is 28.6 Å². The standard InChI is InChI=1S/C24H34O4/c1-22-9-6-16(26-3)12-15(22)4-5-18-17(22)7-10-23(2)19(14-8-11-27-13-14)20(25)21-24(18,23)28-21/h8,11,13,15-21,25H,4-7,9-10,12H2,1-3H3/t15-,16-,17-,18+,19-,20+,21+,22-,23+,24+/m0/s1. The normalized spacial score (nSPS) is 57.1. The maximum absolute atomic E-state index is 11.2. The summed E-state index contributed by atoms with van der Waals surface area (Å²) in [4.78, 5) is 0. The fourth-order valence-corrected chi connectivity index (χ4v) is 8.91. The molecule has 0 unspecified atom stereocenters. The van der Waals surface area contributed by atoms with Crippen molar-refractivity contribution in [3.63, 3.8) is 0 Å². The lowest BCUT2D eigenvalue weighted by Crippen LogP contribution is -2.58. The third-order valence-electron chi connectivity index (χ3n) is 10.3. The Morgan fingerprint density at radius 2 is 1.96 bits per heavy atom. The lowest BCUT2D eigenvalue weighted by Gasteiger charge is -2.61. The van der Waals surface area contributed by atoms with E-state index in [2.05, 4.69) is 13.8 Å². The summed E-state index contributed by atoms with van der Waals surface area (Å²) in [6.07, 6.45) is 12.3. The number of hydrogen-bond donors (Lipinski definition) is 1. The second kappa shape index (κ2) is 5.65. The highest BCUT2D eigenvalue weighted by Gasteiger charge is 2.83. The third-order valence-corrected chi connectivity index (χ3v) is 10.3. The van der Waals surface area contributed by atoms with Crippen LogP contribution in [0.3, 0.4) is 0 Å². The van der Waals surface area contributed by atoms with Gasteiger partial charge in [-0.25, -0.2) is 0 Å². The first-order valence-electron chi connectivity index (χ1n) is 11.4. The highest BCUT2D eigenvalue weighted by atomic mass is 16.6. The molecule has 4 nitrogen and oxygen atoms in total. The van der Waals surface area contributed by atoms with Gasteiger partial charge in [0, 0.05) is 18.4 Å². The number of rotatable bonds is 2. The summed E-state index contributed by atoms with van der Waals surface area (Å²) in [7, 11) is 1.88. The van der Waals surface area contributed by atoms with E-state index in [-0.39, 0.29) is 23.0 Å². The van der Waals surface area contributed by atoms with Crippen molar-refractivity contribution < 1.29 is 19.0 Å². The lowest BCUT2D eigenvalue weighted by molar-refractivity contribution is -0.146. The Bertz CT molecular complexity index is 761. The van der Waals surface area contributed by atoms with Crippen molar-refractivity contribution in [1.82, 2.24) is 0 Å². The number of aliphatic hydroxyl groups is 1. The van der Waals surface area contributed by atoms with Crippen molar-refractivity contribution in [1.29, 1.82) is 0 Å². The van der Waals surface area contributed by atoms with Crippen molar-refractivity contribution in [2.45, 2.75) is 88.6 Å². The van der Waals surface area contributed by atoms with Crippen LogP contribution in [0.15, 0.2) is 23.0 Å². The average molecular weight is 387 g/mol. The van der Waals surface area contributed by atoms with Crippen LogP contribution in [0.4, 0.5) is 0 Å². The van der Waals surface area contributed by atoms with Gasteiger partial charge in [0.05, 0.1) is 24.7 Å². The molecule has 6 rings (SSSR count). The quantitative estimate of drug-likeness (QED) is 0.759. The Kier molecular flexibility index (Phi) is 3.62. The van der Waals surface area contributed by atoms with Gasteiger partial charge in [-0.1, -0.05) is 13.8 Å². The zero-order valence-corrected chi connectivity index (χ0v) is 17.4. The molecule has 1 aromatic heterocycles. The summed E-state index contributed by atoms with van der Waals surface area (Å²) in [5.41, 5.74) is 1.45. The first-order chi connectivity index (χ1) is 13.5.